The highest BCUT2D eigenvalue weighted by Gasteiger charge is 2.22. The van der Waals surface area contributed by atoms with Crippen molar-refractivity contribution in [1.82, 2.24) is 10.6 Å². The number of methoxy groups -OCH3 is 1. The van der Waals surface area contributed by atoms with Gasteiger partial charge in [0.05, 0.1) is 12.7 Å². The molecule has 23 heavy (non-hydrogen) atoms. The van der Waals surface area contributed by atoms with Crippen molar-refractivity contribution in [3.05, 3.63) is 28.2 Å². The average Bonchev–Trinajstić information content (AvgIpc) is 2.46. The van der Waals surface area contributed by atoms with Gasteiger partial charge in [0.1, 0.15) is 5.75 Å². The molecule has 1 aromatic rings. The Balaban J connectivity index is 2.69. The molecule has 0 fully saturated rings. The van der Waals surface area contributed by atoms with E-state index in [0.717, 1.165) is 0 Å². The lowest BCUT2D eigenvalue weighted by Crippen LogP contribution is -2.46. The molecule has 0 aromatic heterocycles. The molecule has 3 amide bonds. The molecule has 0 saturated heterocycles. The third-order valence-corrected chi connectivity index (χ3v) is 3.39. The minimum absolute atomic E-state index is 0.117. The maximum Gasteiger partial charge on any atom is 0.340 e. The van der Waals surface area contributed by atoms with E-state index in [1.54, 1.807) is 26.0 Å². The van der Waals surface area contributed by atoms with Crippen LogP contribution >= 0.6 is 15.9 Å². The third-order valence-electron chi connectivity index (χ3n) is 2.70. The molecule has 7 nitrogen and oxygen atoms in total. The van der Waals surface area contributed by atoms with E-state index < -0.39 is 24.0 Å². The number of halogens is 1. The van der Waals surface area contributed by atoms with Crippen LogP contribution in [0.15, 0.2) is 22.7 Å². The molecule has 0 radical (unpaired) electrons. The average molecular weight is 387 g/mol. The molecule has 126 valence electrons. The molecule has 0 saturated carbocycles. The van der Waals surface area contributed by atoms with E-state index in [9.17, 15) is 14.4 Å². The van der Waals surface area contributed by atoms with E-state index in [-0.39, 0.29) is 11.6 Å². The fourth-order valence-electron chi connectivity index (χ4n) is 1.58. The Morgan fingerprint density at radius 3 is 2.39 bits per heavy atom. The fourth-order valence-corrected chi connectivity index (χ4v) is 1.99. The van der Waals surface area contributed by atoms with E-state index in [0.29, 0.717) is 10.2 Å². The zero-order chi connectivity index (χ0) is 17.6. The van der Waals surface area contributed by atoms with E-state index in [2.05, 4.69) is 26.6 Å². The molecule has 1 rings (SSSR count). The zero-order valence-corrected chi connectivity index (χ0v) is 14.9. The summed E-state index contributed by atoms with van der Waals surface area (Å²) in [4.78, 5) is 35.4. The summed E-state index contributed by atoms with van der Waals surface area (Å²) < 4.78 is 10.6. The van der Waals surface area contributed by atoms with Crippen molar-refractivity contribution in [2.45, 2.75) is 32.9 Å². The first-order valence-electron chi connectivity index (χ1n) is 6.90. The minimum Gasteiger partial charge on any atom is -0.497 e. The van der Waals surface area contributed by atoms with Crippen molar-refractivity contribution in [3.63, 3.8) is 0 Å². The van der Waals surface area contributed by atoms with Crippen LogP contribution in [0, 0.1) is 0 Å². The van der Waals surface area contributed by atoms with E-state index >= 15 is 0 Å². The topological polar surface area (TPSA) is 93.7 Å². The molecular weight excluding hydrogens is 368 g/mol. The molecule has 0 heterocycles. The molecule has 8 heteroatoms. The first-order valence-corrected chi connectivity index (χ1v) is 7.69. The van der Waals surface area contributed by atoms with Gasteiger partial charge in [-0.15, -0.1) is 0 Å². The highest BCUT2D eigenvalue weighted by Crippen LogP contribution is 2.23. The Labute approximate surface area is 142 Å². The van der Waals surface area contributed by atoms with Gasteiger partial charge in [-0.3, -0.25) is 10.1 Å². The lowest BCUT2D eigenvalue weighted by atomic mass is 10.2. The number of benzene rings is 1. The van der Waals surface area contributed by atoms with Gasteiger partial charge in [-0.05, 0) is 54.9 Å². The summed E-state index contributed by atoms with van der Waals surface area (Å²) in [7, 11) is 1.47. The summed E-state index contributed by atoms with van der Waals surface area (Å²) in [6.07, 6.45) is -1.13. The Morgan fingerprint density at radius 2 is 1.83 bits per heavy atom. The van der Waals surface area contributed by atoms with Gasteiger partial charge in [0.15, 0.2) is 6.10 Å². The highest BCUT2D eigenvalue weighted by atomic mass is 79.9. The molecule has 1 aromatic carbocycles. The van der Waals surface area contributed by atoms with Gasteiger partial charge in [-0.25, -0.2) is 9.59 Å². The van der Waals surface area contributed by atoms with Crippen molar-refractivity contribution in [3.8, 4) is 5.75 Å². The minimum atomic E-state index is -1.13. The largest absolute Gasteiger partial charge is 0.497 e. The highest BCUT2D eigenvalue weighted by molar-refractivity contribution is 9.10. The van der Waals surface area contributed by atoms with Crippen molar-refractivity contribution >= 4 is 33.8 Å². The van der Waals surface area contributed by atoms with Crippen LogP contribution in [0.1, 0.15) is 31.1 Å². The summed E-state index contributed by atoms with van der Waals surface area (Å²) in [6.45, 7) is 4.89. The molecule has 1 atom stereocenters. The summed E-state index contributed by atoms with van der Waals surface area (Å²) >= 11 is 3.23. The van der Waals surface area contributed by atoms with Gasteiger partial charge in [0, 0.05) is 10.5 Å². The molecule has 0 spiro atoms. The third kappa shape index (κ3) is 5.90. The summed E-state index contributed by atoms with van der Waals surface area (Å²) in [6, 6.07) is 4.04. The molecule has 2 N–H and O–H groups in total. The van der Waals surface area contributed by atoms with Crippen LogP contribution in [0.2, 0.25) is 0 Å². The number of esters is 1. The number of rotatable bonds is 5. The molecule has 0 aliphatic heterocycles. The van der Waals surface area contributed by atoms with E-state index in [1.807, 2.05) is 0 Å². The summed E-state index contributed by atoms with van der Waals surface area (Å²) in [5, 5.41) is 4.60. The van der Waals surface area contributed by atoms with Crippen LogP contribution in [-0.4, -0.2) is 37.2 Å². The lowest BCUT2D eigenvalue weighted by Gasteiger charge is -2.15. The Bertz CT molecular complexity index is 604. The summed E-state index contributed by atoms with van der Waals surface area (Å²) in [5.41, 5.74) is 0.218. The number of imide groups is 1. The second-order valence-corrected chi connectivity index (χ2v) is 5.87. The number of carbonyl (C=O) groups excluding carboxylic acids is 3. The predicted molar refractivity (Wildman–Crippen MR) is 87.4 cm³/mol. The van der Waals surface area contributed by atoms with E-state index in [1.165, 1.54) is 20.1 Å². The molecule has 0 bridgehead atoms. The standard InChI is InChI=1S/C15H19BrN2O5/c1-8(2)17-15(21)18-13(19)9(3)23-14(20)11-7-10(22-4)5-6-12(11)16/h5-9H,1-4H3,(H2,17,18,19,21)/t9-/m0/s1. The Kier molecular flexibility index (Phi) is 7.02. The number of hydrogen-bond donors (Lipinski definition) is 2. The van der Waals surface area contributed by atoms with Crippen LogP contribution < -0.4 is 15.4 Å². The normalized spacial score (nSPS) is 11.6. The zero-order valence-electron chi connectivity index (χ0n) is 13.3. The van der Waals surface area contributed by atoms with Gasteiger partial charge in [-0.2, -0.15) is 0 Å². The van der Waals surface area contributed by atoms with Crippen molar-refractivity contribution < 1.29 is 23.9 Å². The van der Waals surface area contributed by atoms with Gasteiger partial charge in [0.25, 0.3) is 5.91 Å². The summed E-state index contributed by atoms with van der Waals surface area (Å²) in [5.74, 6) is -0.938. The first kappa shape index (κ1) is 19.0. The first-order chi connectivity index (χ1) is 10.7. The Morgan fingerprint density at radius 1 is 1.17 bits per heavy atom. The van der Waals surface area contributed by atoms with Crippen LogP contribution in [0.25, 0.3) is 0 Å². The Hall–Kier alpha value is -2.09. The van der Waals surface area contributed by atoms with Crippen molar-refractivity contribution in [2.24, 2.45) is 0 Å². The quantitative estimate of drug-likeness (QED) is 0.756. The number of nitrogens with one attached hydrogen (secondary N) is 2. The lowest BCUT2D eigenvalue weighted by molar-refractivity contribution is -0.127. The molecule has 0 aliphatic carbocycles. The van der Waals surface area contributed by atoms with Crippen molar-refractivity contribution in [2.75, 3.05) is 7.11 Å². The predicted octanol–water partition coefficient (Wildman–Crippen LogP) is 2.24. The van der Waals surface area contributed by atoms with Crippen LogP contribution in [0.3, 0.4) is 0 Å². The second-order valence-electron chi connectivity index (χ2n) is 5.01. The van der Waals surface area contributed by atoms with Gasteiger partial charge >= 0.3 is 12.0 Å². The number of amides is 3. The number of carbonyl (C=O) groups is 3. The maximum atomic E-state index is 12.1. The number of ether oxygens (including phenoxy) is 2. The van der Waals surface area contributed by atoms with Crippen LogP contribution in [-0.2, 0) is 9.53 Å². The van der Waals surface area contributed by atoms with Crippen LogP contribution in [0.5, 0.6) is 5.75 Å². The van der Waals surface area contributed by atoms with Crippen LogP contribution in [0.4, 0.5) is 4.79 Å². The number of urea groups is 1. The maximum absolute atomic E-state index is 12.1. The van der Waals surface area contributed by atoms with Crippen molar-refractivity contribution in [1.29, 1.82) is 0 Å². The van der Waals surface area contributed by atoms with Gasteiger partial charge in [-0.1, -0.05) is 0 Å². The molecule has 0 aliphatic rings. The number of hydrogen-bond acceptors (Lipinski definition) is 5. The smallest absolute Gasteiger partial charge is 0.340 e. The van der Waals surface area contributed by atoms with Gasteiger partial charge < -0.3 is 14.8 Å². The van der Waals surface area contributed by atoms with E-state index in [4.69, 9.17) is 9.47 Å². The SMILES string of the molecule is COc1ccc(Br)c(C(=O)O[C@@H](C)C(=O)NC(=O)NC(C)C)c1. The molecule has 0 unspecified atom stereocenters. The second kappa shape index (κ2) is 8.52. The molecular formula is C15H19BrN2O5. The fraction of sp³-hybridized carbons (Fsp3) is 0.400. The monoisotopic (exact) mass is 386 g/mol. The van der Waals surface area contributed by atoms with Gasteiger partial charge in [0.2, 0.25) is 0 Å².